The zero-order valence-electron chi connectivity index (χ0n) is 12.9. The lowest BCUT2D eigenvalue weighted by Crippen LogP contribution is -2.28. The molecule has 2 N–H and O–H groups in total. The minimum Gasteiger partial charge on any atom is -0.390 e. The molecule has 18 heavy (non-hydrogen) atoms. The van der Waals surface area contributed by atoms with Crippen molar-refractivity contribution in [1.29, 1.82) is 0 Å². The van der Waals surface area contributed by atoms with Crippen LogP contribution in [0.4, 0.5) is 0 Å². The lowest BCUT2D eigenvalue weighted by Gasteiger charge is -2.23. The molecule has 2 heteroatoms. The van der Waals surface area contributed by atoms with Crippen LogP contribution in [0.25, 0.3) is 0 Å². The summed E-state index contributed by atoms with van der Waals surface area (Å²) in [7, 11) is 0. The Morgan fingerprint density at radius 3 is 2.00 bits per heavy atom. The summed E-state index contributed by atoms with van der Waals surface area (Å²) in [6.45, 7) is 8.82. The van der Waals surface area contributed by atoms with Crippen molar-refractivity contribution in [3.8, 4) is 0 Å². The van der Waals surface area contributed by atoms with Gasteiger partial charge in [0.25, 0.3) is 0 Å². The van der Waals surface area contributed by atoms with Gasteiger partial charge < -0.3 is 10.2 Å². The van der Waals surface area contributed by atoms with Gasteiger partial charge in [0.15, 0.2) is 0 Å². The third-order valence-electron chi connectivity index (χ3n) is 3.94. The van der Waals surface area contributed by atoms with E-state index in [0.29, 0.717) is 11.8 Å². The Hall–Kier alpha value is -0.0800. The zero-order valence-corrected chi connectivity index (χ0v) is 12.9. The molecule has 0 aromatic rings. The molecule has 0 amide bonds. The normalized spacial score (nSPS) is 18.3. The Balaban J connectivity index is 3.74. The van der Waals surface area contributed by atoms with Crippen molar-refractivity contribution in [2.24, 2.45) is 11.8 Å². The lowest BCUT2D eigenvalue weighted by atomic mass is 9.89. The first kappa shape index (κ1) is 17.9. The standard InChI is InChI=1S/C16H34O2/c1-5-7-8-9-10-15(17)16(18)12-14(4)11-13(3)6-2/h13-18H,5-12H2,1-4H3. The van der Waals surface area contributed by atoms with Crippen LogP contribution >= 0.6 is 0 Å². The molecule has 0 saturated heterocycles. The topological polar surface area (TPSA) is 40.5 Å². The summed E-state index contributed by atoms with van der Waals surface area (Å²) in [5.74, 6) is 1.22. The molecule has 0 rings (SSSR count). The first-order valence-electron chi connectivity index (χ1n) is 7.87. The second-order valence-electron chi connectivity index (χ2n) is 6.07. The molecule has 0 aromatic carbocycles. The molecule has 0 aliphatic heterocycles. The van der Waals surface area contributed by atoms with Gasteiger partial charge in [-0.3, -0.25) is 0 Å². The molecule has 0 spiro atoms. The molecule has 4 unspecified atom stereocenters. The maximum atomic E-state index is 9.98. The highest BCUT2D eigenvalue weighted by atomic mass is 16.3. The van der Waals surface area contributed by atoms with Crippen LogP contribution in [0.15, 0.2) is 0 Å². The molecule has 110 valence electrons. The molecule has 0 aliphatic carbocycles. The van der Waals surface area contributed by atoms with E-state index in [0.717, 1.165) is 25.7 Å². The number of unbranched alkanes of at least 4 members (excludes halogenated alkanes) is 3. The van der Waals surface area contributed by atoms with Crippen molar-refractivity contribution in [2.75, 3.05) is 0 Å². The van der Waals surface area contributed by atoms with Crippen LogP contribution < -0.4 is 0 Å². The Labute approximate surface area is 114 Å². The van der Waals surface area contributed by atoms with Crippen molar-refractivity contribution in [2.45, 2.75) is 91.3 Å². The van der Waals surface area contributed by atoms with Gasteiger partial charge in [-0.15, -0.1) is 0 Å². The van der Waals surface area contributed by atoms with Gasteiger partial charge >= 0.3 is 0 Å². The molecule has 0 saturated carbocycles. The highest BCUT2D eigenvalue weighted by Gasteiger charge is 2.19. The Morgan fingerprint density at radius 2 is 1.44 bits per heavy atom. The van der Waals surface area contributed by atoms with E-state index >= 15 is 0 Å². The van der Waals surface area contributed by atoms with E-state index in [4.69, 9.17) is 0 Å². The minimum absolute atomic E-state index is 0.500. The van der Waals surface area contributed by atoms with Gasteiger partial charge in [-0.25, -0.2) is 0 Å². The van der Waals surface area contributed by atoms with Crippen molar-refractivity contribution >= 4 is 0 Å². The molecule has 0 aromatic heterocycles. The summed E-state index contributed by atoms with van der Waals surface area (Å²) in [5.41, 5.74) is 0. The van der Waals surface area contributed by atoms with E-state index in [1.54, 1.807) is 0 Å². The Bertz CT molecular complexity index is 182. The van der Waals surface area contributed by atoms with Crippen LogP contribution in [0.3, 0.4) is 0 Å². The average molecular weight is 258 g/mol. The van der Waals surface area contributed by atoms with Gasteiger partial charge in [0.1, 0.15) is 0 Å². The fraction of sp³-hybridized carbons (Fsp3) is 1.00. The van der Waals surface area contributed by atoms with Crippen LogP contribution in [0.2, 0.25) is 0 Å². The summed E-state index contributed by atoms with van der Waals surface area (Å²) in [4.78, 5) is 0. The van der Waals surface area contributed by atoms with Crippen molar-refractivity contribution in [3.05, 3.63) is 0 Å². The van der Waals surface area contributed by atoms with Crippen molar-refractivity contribution in [3.63, 3.8) is 0 Å². The monoisotopic (exact) mass is 258 g/mol. The number of hydrogen-bond acceptors (Lipinski definition) is 2. The van der Waals surface area contributed by atoms with E-state index in [1.807, 2.05) is 0 Å². The maximum absolute atomic E-state index is 9.98. The minimum atomic E-state index is -0.536. The Kier molecular flexibility index (Phi) is 10.8. The second kappa shape index (κ2) is 10.8. The zero-order chi connectivity index (χ0) is 14.0. The summed E-state index contributed by atoms with van der Waals surface area (Å²) < 4.78 is 0. The highest BCUT2D eigenvalue weighted by Crippen LogP contribution is 2.21. The van der Waals surface area contributed by atoms with Gasteiger partial charge in [0.2, 0.25) is 0 Å². The largest absolute Gasteiger partial charge is 0.390 e. The van der Waals surface area contributed by atoms with Crippen molar-refractivity contribution < 1.29 is 10.2 Å². The summed E-state index contributed by atoms with van der Waals surface area (Å²) >= 11 is 0. The van der Waals surface area contributed by atoms with Crippen LogP contribution in [-0.2, 0) is 0 Å². The third kappa shape index (κ3) is 8.93. The molecular weight excluding hydrogens is 224 g/mol. The molecule has 0 aliphatic rings. The highest BCUT2D eigenvalue weighted by molar-refractivity contribution is 4.71. The van der Waals surface area contributed by atoms with E-state index in [1.165, 1.54) is 25.7 Å². The molecule has 0 bridgehead atoms. The van der Waals surface area contributed by atoms with E-state index in [-0.39, 0.29) is 0 Å². The predicted molar refractivity (Wildman–Crippen MR) is 78.6 cm³/mol. The van der Waals surface area contributed by atoms with E-state index in [9.17, 15) is 10.2 Å². The average Bonchev–Trinajstić information content (AvgIpc) is 2.33. The van der Waals surface area contributed by atoms with E-state index in [2.05, 4.69) is 27.7 Å². The smallest absolute Gasteiger partial charge is 0.0801 e. The van der Waals surface area contributed by atoms with Gasteiger partial charge in [0.05, 0.1) is 12.2 Å². The maximum Gasteiger partial charge on any atom is 0.0801 e. The molecule has 0 fully saturated rings. The molecule has 2 nitrogen and oxygen atoms in total. The summed E-state index contributed by atoms with van der Waals surface area (Å²) in [6, 6.07) is 0. The summed E-state index contributed by atoms with van der Waals surface area (Å²) in [5, 5.41) is 19.9. The quantitative estimate of drug-likeness (QED) is 0.547. The number of hydrogen-bond donors (Lipinski definition) is 2. The number of rotatable bonds is 11. The van der Waals surface area contributed by atoms with Crippen LogP contribution in [0.1, 0.15) is 79.1 Å². The van der Waals surface area contributed by atoms with Crippen LogP contribution in [0.5, 0.6) is 0 Å². The third-order valence-corrected chi connectivity index (χ3v) is 3.94. The SMILES string of the molecule is CCCCCCC(O)C(O)CC(C)CC(C)CC. The van der Waals surface area contributed by atoms with Crippen LogP contribution in [-0.4, -0.2) is 22.4 Å². The van der Waals surface area contributed by atoms with Crippen molar-refractivity contribution in [1.82, 2.24) is 0 Å². The van der Waals surface area contributed by atoms with Gasteiger partial charge in [0, 0.05) is 0 Å². The van der Waals surface area contributed by atoms with E-state index < -0.39 is 12.2 Å². The first-order valence-corrected chi connectivity index (χ1v) is 7.87. The molecule has 4 atom stereocenters. The number of aliphatic hydroxyl groups is 2. The number of aliphatic hydroxyl groups excluding tert-OH is 2. The predicted octanol–water partition coefficient (Wildman–Crippen LogP) is 4.14. The fourth-order valence-corrected chi connectivity index (χ4v) is 2.49. The first-order chi connectivity index (χ1) is 8.51. The lowest BCUT2D eigenvalue weighted by molar-refractivity contribution is -0.00105. The van der Waals surface area contributed by atoms with Gasteiger partial charge in [-0.05, 0) is 31.1 Å². The van der Waals surface area contributed by atoms with Gasteiger partial charge in [-0.2, -0.15) is 0 Å². The Morgan fingerprint density at radius 1 is 0.778 bits per heavy atom. The van der Waals surface area contributed by atoms with Crippen LogP contribution in [0, 0.1) is 11.8 Å². The molecule has 0 radical (unpaired) electrons. The molecule has 0 heterocycles. The fourth-order valence-electron chi connectivity index (χ4n) is 2.49. The van der Waals surface area contributed by atoms with Gasteiger partial charge in [-0.1, -0.05) is 59.8 Å². The molecular formula is C16H34O2. The summed E-state index contributed by atoms with van der Waals surface area (Å²) in [6.07, 6.45) is 7.41. The second-order valence-corrected chi connectivity index (χ2v) is 6.07.